The van der Waals surface area contributed by atoms with Crippen LogP contribution < -0.4 is 16.4 Å². The van der Waals surface area contributed by atoms with E-state index in [4.69, 9.17) is 15.9 Å². The summed E-state index contributed by atoms with van der Waals surface area (Å²) in [5.41, 5.74) is 8.98. The van der Waals surface area contributed by atoms with Crippen molar-refractivity contribution < 1.29 is 20.1 Å². The van der Waals surface area contributed by atoms with Crippen molar-refractivity contribution in [1.82, 2.24) is 10.6 Å². The molecule has 36 heavy (non-hydrogen) atoms. The van der Waals surface area contributed by atoms with E-state index in [2.05, 4.69) is 54.0 Å². The third-order valence-electron chi connectivity index (χ3n) is 5.40. The van der Waals surface area contributed by atoms with Crippen LogP contribution in [-0.2, 0) is 24.1 Å². The maximum Gasteiger partial charge on any atom is 0.321 e. The first-order valence-electron chi connectivity index (χ1n) is 12.1. The number of carbonyl (C=O) groups is 1. The first-order valence-corrected chi connectivity index (χ1v) is 12.1. The largest absolute Gasteiger partial charge is 0.504 e. The highest BCUT2D eigenvalue weighted by molar-refractivity contribution is 5.73. The summed E-state index contributed by atoms with van der Waals surface area (Å²) in [6.07, 6.45) is 2.33. The maximum absolute atomic E-state index is 10.7. The van der Waals surface area contributed by atoms with Crippen molar-refractivity contribution in [1.29, 1.82) is 0 Å². The van der Waals surface area contributed by atoms with Crippen molar-refractivity contribution in [3.63, 3.8) is 0 Å². The summed E-state index contributed by atoms with van der Waals surface area (Å²) in [7, 11) is 3.55. The number of aromatic hydroxyl groups is 2. The van der Waals surface area contributed by atoms with Crippen molar-refractivity contribution in [2.24, 2.45) is 5.73 Å². The Hall–Kier alpha value is -3.39. The van der Waals surface area contributed by atoms with E-state index in [-0.39, 0.29) is 24.0 Å². The average Bonchev–Trinajstić information content (AvgIpc) is 2.86. The molecular formula is C29H41N3O4. The minimum Gasteiger partial charge on any atom is -0.504 e. The summed E-state index contributed by atoms with van der Waals surface area (Å²) in [5.74, 6) is -1.41. The molecule has 0 aliphatic carbocycles. The molecule has 7 N–H and O–H groups in total. The number of aliphatic carboxylic acids is 1. The number of hydrogen-bond acceptors (Lipinski definition) is 6. The molecule has 3 atom stereocenters. The molecule has 0 aromatic heterocycles. The summed E-state index contributed by atoms with van der Waals surface area (Å²) in [5, 5.41) is 32.9. The molecule has 0 radical (unpaired) electrons. The van der Waals surface area contributed by atoms with Crippen molar-refractivity contribution in [3.05, 3.63) is 95.6 Å². The standard InChI is InChI=1S/C10H13NO4.C10H15N.C9H13N/c1-11-7(10(14)15)4-6-2-3-8(12)9(13)5-6;1-9(11-2)8-10-6-4-3-5-7-10;1-8(10)7-9-5-3-2-4-6-9/h2-3,5,7,11-13H,4H2,1H3,(H,14,15);3-7,9,11H,8H2,1-2H3;2-6,8H,7,10H2,1H3. The molecule has 0 bridgehead atoms. The number of benzene rings is 3. The summed E-state index contributed by atoms with van der Waals surface area (Å²) in [6, 6.07) is 25.2. The number of carboxylic acid groups (broad SMARTS) is 1. The molecule has 3 unspecified atom stereocenters. The van der Waals surface area contributed by atoms with E-state index >= 15 is 0 Å². The van der Waals surface area contributed by atoms with Gasteiger partial charge in [0, 0.05) is 12.1 Å². The lowest BCUT2D eigenvalue weighted by atomic mass is 10.1. The molecular weight excluding hydrogens is 454 g/mol. The van der Waals surface area contributed by atoms with E-state index in [0.717, 1.165) is 12.8 Å². The maximum atomic E-state index is 10.7. The van der Waals surface area contributed by atoms with E-state index < -0.39 is 12.0 Å². The summed E-state index contributed by atoms with van der Waals surface area (Å²) in [6.45, 7) is 4.21. The fourth-order valence-corrected chi connectivity index (χ4v) is 3.30. The van der Waals surface area contributed by atoms with Crippen LogP contribution in [0.1, 0.15) is 30.5 Å². The van der Waals surface area contributed by atoms with Gasteiger partial charge in [0.1, 0.15) is 6.04 Å². The number of hydrogen-bond donors (Lipinski definition) is 6. The third-order valence-corrected chi connectivity index (χ3v) is 5.40. The second-order valence-electron chi connectivity index (χ2n) is 8.75. The van der Waals surface area contributed by atoms with Crippen LogP contribution in [-0.4, -0.2) is 53.5 Å². The molecule has 0 amide bonds. The third kappa shape index (κ3) is 12.9. The molecule has 7 heteroatoms. The Morgan fingerprint density at radius 3 is 1.69 bits per heavy atom. The second-order valence-corrected chi connectivity index (χ2v) is 8.75. The molecule has 0 heterocycles. The van der Waals surface area contributed by atoms with Gasteiger partial charge in [0.25, 0.3) is 0 Å². The van der Waals surface area contributed by atoms with Crippen LogP contribution in [0.5, 0.6) is 11.5 Å². The summed E-state index contributed by atoms with van der Waals surface area (Å²) < 4.78 is 0. The first-order chi connectivity index (χ1) is 17.2. The van der Waals surface area contributed by atoms with Gasteiger partial charge in [-0.15, -0.1) is 0 Å². The lowest BCUT2D eigenvalue weighted by molar-refractivity contribution is -0.139. The zero-order valence-electron chi connectivity index (χ0n) is 21.7. The van der Waals surface area contributed by atoms with E-state index in [1.165, 1.54) is 23.3 Å². The highest BCUT2D eigenvalue weighted by Gasteiger charge is 2.15. The Bertz CT molecular complexity index is 998. The van der Waals surface area contributed by atoms with Gasteiger partial charge in [-0.05, 0) is 76.0 Å². The molecule has 0 spiro atoms. The Morgan fingerprint density at radius 1 is 0.750 bits per heavy atom. The SMILES string of the molecule is CC(N)Cc1ccccc1.CNC(C)Cc1ccccc1.CNC(Cc1ccc(O)c(O)c1)C(=O)O. The smallest absolute Gasteiger partial charge is 0.321 e. The lowest BCUT2D eigenvalue weighted by Gasteiger charge is -2.11. The predicted octanol–water partition coefficient (Wildman–Crippen LogP) is 3.73. The molecule has 3 rings (SSSR count). The van der Waals surface area contributed by atoms with Crippen molar-refractivity contribution >= 4 is 5.97 Å². The van der Waals surface area contributed by atoms with Crippen LogP contribution in [0.25, 0.3) is 0 Å². The number of nitrogens with two attached hydrogens (primary N) is 1. The summed E-state index contributed by atoms with van der Waals surface area (Å²) >= 11 is 0. The number of carboxylic acids is 1. The van der Waals surface area contributed by atoms with Gasteiger partial charge in [0.2, 0.25) is 0 Å². The normalized spacial score (nSPS) is 12.7. The second kappa shape index (κ2) is 17.1. The molecule has 0 fully saturated rings. The van der Waals surface area contributed by atoms with Crippen LogP contribution in [0.15, 0.2) is 78.9 Å². The topological polar surface area (TPSA) is 128 Å². The summed E-state index contributed by atoms with van der Waals surface area (Å²) in [4.78, 5) is 10.7. The van der Waals surface area contributed by atoms with Gasteiger partial charge < -0.3 is 31.7 Å². The molecule has 196 valence electrons. The van der Waals surface area contributed by atoms with Gasteiger partial charge in [-0.1, -0.05) is 66.7 Å². The molecule has 0 aliphatic rings. The highest BCUT2D eigenvalue weighted by atomic mass is 16.4. The number of phenols is 2. The van der Waals surface area contributed by atoms with Gasteiger partial charge >= 0.3 is 5.97 Å². The molecule has 0 saturated carbocycles. The predicted molar refractivity (Wildman–Crippen MR) is 146 cm³/mol. The quantitative estimate of drug-likeness (QED) is 0.250. The number of likely N-dealkylation sites (N-methyl/N-ethyl adjacent to an activating group) is 2. The molecule has 3 aromatic carbocycles. The number of rotatable bonds is 9. The minimum absolute atomic E-state index is 0.213. The Labute approximate surface area is 215 Å². The van der Waals surface area contributed by atoms with Gasteiger partial charge in [0.15, 0.2) is 11.5 Å². The van der Waals surface area contributed by atoms with E-state index in [9.17, 15) is 9.90 Å². The Kier molecular flexibility index (Phi) is 14.6. The van der Waals surface area contributed by atoms with Crippen molar-refractivity contribution in [2.75, 3.05) is 14.1 Å². The van der Waals surface area contributed by atoms with Crippen LogP contribution in [0.4, 0.5) is 0 Å². The van der Waals surface area contributed by atoms with Gasteiger partial charge in [-0.25, -0.2) is 0 Å². The Morgan fingerprint density at radius 2 is 1.28 bits per heavy atom. The Balaban J connectivity index is 0.000000277. The number of phenolic OH excluding ortho intramolecular Hbond substituents is 2. The van der Waals surface area contributed by atoms with E-state index in [0.29, 0.717) is 11.6 Å². The van der Waals surface area contributed by atoms with Gasteiger partial charge in [-0.3, -0.25) is 4.79 Å². The fraction of sp³-hybridized carbons (Fsp3) is 0.345. The highest BCUT2D eigenvalue weighted by Crippen LogP contribution is 2.25. The fourth-order valence-electron chi connectivity index (χ4n) is 3.30. The van der Waals surface area contributed by atoms with Crippen LogP contribution in [0.3, 0.4) is 0 Å². The van der Waals surface area contributed by atoms with Crippen molar-refractivity contribution in [2.45, 2.75) is 51.2 Å². The van der Waals surface area contributed by atoms with Gasteiger partial charge in [0.05, 0.1) is 0 Å². The molecule has 7 nitrogen and oxygen atoms in total. The molecule has 0 saturated heterocycles. The van der Waals surface area contributed by atoms with Crippen LogP contribution in [0, 0.1) is 0 Å². The average molecular weight is 496 g/mol. The van der Waals surface area contributed by atoms with Gasteiger partial charge in [-0.2, -0.15) is 0 Å². The molecule has 0 aliphatic heterocycles. The zero-order valence-corrected chi connectivity index (χ0v) is 21.7. The first kappa shape index (κ1) is 30.6. The molecule has 3 aromatic rings. The van der Waals surface area contributed by atoms with Crippen molar-refractivity contribution in [3.8, 4) is 11.5 Å². The van der Waals surface area contributed by atoms with Crippen LogP contribution >= 0.6 is 0 Å². The number of nitrogens with one attached hydrogen (secondary N) is 2. The van der Waals surface area contributed by atoms with E-state index in [1.54, 1.807) is 13.1 Å². The minimum atomic E-state index is -0.954. The monoisotopic (exact) mass is 495 g/mol. The lowest BCUT2D eigenvalue weighted by Crippen LogP contribution is -2.35. The van der Waals surface area contributed by atoms with E-state index in [1.807, 2.05) is 38.2 Å². The van der Waals surface area contributed by atoms with Crippen LogP contribution in [0.2, 0.25) is 0 Å². The zero-order chi connectivity index (χ0) is 26.9.